The van der Waals surface area contributed by atoms with Crippen LogP contribution in [-0.4, -0.2) is 18.8 Å². The van der Waals surface area contributed by atoms with Crippen LogP contribution >= 0.6 is 0 Å². The Hall–Kier alpha value is -2.07. The average Bonchev–Trinajstić information content (AvgIpc) is 2.45. The van der Waals surface area contributed by atoms with Gasteiger partial charge in [-0.1, -0.05) is 24.3 Å². The number of methoxy groups -OCH3 is 1. The second kappa shape index (κ2) is 6.91. The summed E-state index contributed by atoms with van der Waals surface area (Å²) in [7, 11) is 1.52. The minimum Gasteiger partial charge on any atom is -0.504 e. The zero-order valence-corrected chi connectivity index (χ0v) is 11.4. The number of hydrogen-bond acceptors (Lipinski definition) is 3. The monoisotopic (exact) mass is 275 g/mol. The van der Waals surface area contributed by atoms with Crippen molar-refractivity contribution in [3.8, 4) is 11.5 Å². The van der Waals surface area contributed by atoms with Crippen molar-refractivity contribution in [3.05, 3.63) is 59.4 Å². The van der Waals surface area contributed by atoms with Crippen molar-refractivity contribution in [2.24, 2.45) is 0 Å². The summed E-state index contributed by atoms with van der Waals surface area (Å²) in [4.78, 5) is 0. The van der Waals surface area contributed by atoms with E-state index in [2.05, 4.69) is 5.32 Å². The van der Waals surface area contributed by atoms with E-state index >= 15 is 0 Å². The Kier molecular flexibility index (Phi) is 4.96. The summed E-state index contributed by atoms with van der Waals surface area (Å²) in [6, 6.07) is 12.0. The quantitative estimate of drug-likeness (QED) is 0.797. The van der Waals surface area contributed by atoms with Crippen LogP contribution in [0.2, 0.25) is 0 Å². The highest BCUT2D eigenvalue weighted by atomic mass is 19.1. The van der Waals surface area contributed by atoms with Crippen molar-refractivity contribution < 1.29 is 14.2 Å². The molecule has 0 amide bonds. The molecule has 2 N–H and O–H groups in total. The fraction of sp³-hybridized carbons (Fsp3) is 0.250. The molecule has 2 rings (SSSR count). The third-order valence-corrected chi connectivity index (χ3v) is 3.10. The van der Waals surface area contributed by atoms with Gasteiger partial charge in [-0.25, -0.2) is 4.39 Å². The van der Waals surface area contributed by atoms with Gasteiger partial charge in [0.1, 0.15) is 5.82 Å². The topological polar surface area (TPSA) is 41.5 Å². The number of phenolic OH excluding ortho intramolecular Hbond substituents is 1. The Bertz CT molecular complexity index is 572. The van der Waals surface area contributed by atoms with Gasteiger partial charge in [-0.05, 0) is 42.3 Å². The summed E-state index contributed by atoms with van der Waals surface area (Å²) in [6.45, 7) is 1.29. The molecule has 0 aliphatic carbocycles. The van der Waals surface area contributed by atoms with Gasteiger partial charge in [-0.3, -0.25) is 0 Å². The molecule has 0 fully saturated rings. The van der Waals surface area contributed by atoms with E-state index in [9.17, 15) is 9.50 Å². The summed E-state index contributed by atoms with van der Waals surface area (Å²) in [5.41, 5.74) is 1.66. The summed E-state index contributed by atoms with van der Waals surface area (Å²) in [6.07, 6.45) is 0.634. The smallest absolute Gasteiger partial charge is 0.160 e. The highest BCUT2D eigenvalue weighted by Gasteiger charge is 2.03. The van der Waals surface area contributed by atoms with Crippen LogP contribution in [0.15, 0.2) is 42.5 Å². The van der Waals surface area contributed by atoms with Crippen LogP contribution in [0.3, 0.4) is 0 Å². The first-order valence-electron chi connectivity index (χ1n) is 6.50. The molecule has 0 heterocycles. The first kappa shape index (κ1) is 14.3. The van der Waals surface area contributed by atoms with Crippen LogP contribution in [0.4, 0.5) is 4.39 Å². The Labute approximate surface area is 118 Å². The molecule has 2 aromatic rings. The Balaban J connectivity index is 1.82. The van der Waals surface area contributed by atoms with Crippen LogP contribution in [0.1, 0.15) is 11.1 Å². The molecule has 2 aromatic carbocycles. The predicted octanol–water partition coefficient (Wildman–Crippen LogP) is 2.87. The second-order valence-electron chi connectivity index (χ2n) is 4.52. The van der Waals surface area contributed by atoms with Gasteiger partial charge < -0.3 is 15.2 Å². The number of benzene rings is 2. The fourth-order valence-corrected chi connectivity index (χ4v) is 2.00. The van der Waals surface area contributed by atoms with E-state index in [1.54, 1.807) is 24.3 Å². The van der Waals surface area contributed by atoms with Gasteiger partial charge in [0.15, 0.2) is 11.5 Å². The maximum absolute atomic E-state index is 13.4. The number of nitrogens with one attached hydrogen (secondary N) is 1. The zero-order chi connectivity index (χ0) is 14.4. The molecular formula is C16H18FNO2. The van der Waals surface area contributed by atoms with Crippen LogP contribution in [-0.2, 0) is 13.0 Å². The van der Waals surface area contributed by atoms with E-state index in [0.717, 1.165) is 5.56 Å². The molecule has 3 nitrogen and oxygen atoms in total. The molecule has 0 atom stereocenters. The van der Waals surface area contributed by atoms with Gasteiger partial charge in [0.05, 0.1) is 7.11 Å². The summed E-state index contributed by atoms with van der Waals surface area (Å²) in [5.74, 6) is 0.414. The lowest BCUT2D eigenvalue weighted by atomic mass is 10.1. The number of phenols is 1. The normalized spacial score (nSPS) is 10.5. The lowest BCUT2D eigenvalue weighted by Gasteiger charge is -2.08. The molecule has 20 heavy (non-hydrogen) atoms. The number of hydrogen-bond donors (Lipinski definition) is 2. The minimum atomic E-state index is -0.170. The summed E-state index contributed by atoms with van der Waals surface area (Å²) < 4.78 is 18.4. The van der Waals surface area contributed by atoms with E-state index in [-0.39, 0.29) is 11.6 Å². The van der Waals surface area contributed by atoms with Gasteiger partial charge in [0.25, 0.3) is 0 Å². The Morgan fingerprint density at radius 1 is 1.20 bits per heavy atom. The molecule has 4 heteroatoms. The van der Waals surface area contributed by atoms with Crippen molar-refractivity contribution in [1.82, 2.24) is 5.32 Å². The van der Waals surface area contributed by atoms with Crippen molar-refractivity contribution >= 4 is 0 Å². The van der Waals surface area contributed by atoms with Gasteiger partial charge >= 0.3 is 0 Å². The van der Waals surface area contributed by atoms with E-state index in [4.69, 9.17) is 4.74 Å². The lowest BCUT2D eigenvalue weighted by Crippen LogP contribution is -2.17. The van der Waals surface area contributed by atoms with Crippen LogP contribution in [0, 0.1) is 5.82 Å². The molecule has 106 valence electrons. The van der Waals surface area contributed by atoms with Gasteiger partial charge in [-0.2, -0.15) is 0 Å². The van der Waals surface area contributed by atoms with Gasteiger partial charge in [-0.15, -0.1) is 0 Å². The van der Waals surface area contributed by atoms with Crippen molar-refractivity contribution in [1.29, 1.82) is 0 Å². The molecule has 0 aliphatic heterocycles. The number of halogens is 1. The van der Waals surface area contributed by atoms with Crippen molar-refractivity contribution in [2.45, 2.75) is 13.0 Å². The highest BCUT2D eigenvalue weighted by molar-refractivity contribution is 5.41. The maximum atomic E-state index is 13.4. The maximum Gasteiger partial charge on any atom is 0.160 e. The third kappa shape index (κ3) is 3.71. The third-order valence-electron chi connectivity index (χ3n) is 3.10. The first-order valence-corrected chi connectivity index (χ1v) is 6.50. The minimum absolute atomic E-state index is 0.126. The zero-order valence-electron chi connectivity index (χ0n) is 11.4. The fourth-order valence-electron chi connectivity index (χ4n) is 2.00. The van der Waals surface area contributed by atoms with Gasteiger partial charge in [0, 0.05) is 6.54 Å². The largest absolute Gasteiger partial charge is 0.504 e. The average molecular weight is 275 g/mol. The standard InChI is InChI=1S/C16H18FNO2/c1-20-16-7-6-12(10-15(16)19)11-18-9-8-13-4-2-3-5-14(13)17/h2-7,10,18-19H,8-9,11H2,1H3. The number of aromatic hydroxyl groups is 1. The summed E-state index contributed by atoms with van der Waals surface area (Å²) in [5, 5.41) is 12.9. The van der Waals surface area contributed by atoms with Crippen molar-refractivity contribution in [3.63, 3.8) is 0 Å². The van der Waals surface area contributed by atoms with E-state index < -0.39 is 0 Å². The van der Waals surface area contributed by atoms with E-state index in [0.29, 0.717) is 30.8 Å². The van der Waals surface area contributed by atoms with Crippen molar-refractivity contribution in [2.75, 3.05) is 13.7 Å². The lowest BCUT2D eigenvalue weighted by molar-refractivity contribution is 0.373. The molecule has 0 radical (unpaired) electrons. The SMILES string of the molecule is COc1ccc(CNCCc2ccccc2F)cc1O. The number of rotatable bonds is 6. The van der Waals surface area contributed by atoms with Crippen LogP contribution in [0.25, 0.3) is 0 Å². The second-order valence-corrected chi connectivity index (χ2v) is 4.52. The van der Waals surface area contributed by atoms with E-state index in [1.165, 1.54) is 13.2 Å². The molecular weight excluding hydrogens is 257 g/mol. The molecule has 0 aromatic heterocycles. The molecule has 0 saturated carbocycles. The Morgan fingerprint density at radius 2 is 2.00 bits per heavy atom. The molecule has 0 bridgehead atoms. The summed E-state index contributed by atoms with van der Waals surface area (Å²) >= 11 is 0. The number of ether oxygens (including phenoxy) is 1. The Morgan fingerprint density at radius 3 is 2.70 bits per heavy atom. The molecule has 0 aliphatic rings. The van der Waals surface area contributed by atoms with Crippen LogP contribution < -0.4 is 10.1 Å². The molecule has 0 spiro atoms. The first-order chi connectivity index (χ1) is 9.70. The predicted molar refractivity (Wildman–Crippen MR) is 76.5 cm³/mol. The van der Waals surface area contributed by atoms with Gasteiger partial charge in [0.2, 0.25) is 0 Å². The van der Waals surface area contributed by atoms with E-state index in [1.807, 2.05) is 12.1 Å². The highest BCUT2D eigenvalue weighted by Crippen LogP contribution is 2.25. The molecule has 0 saturated heterocycles. The molecule has 0 unspecified atom stereocenters. The van der Waals surface area contributed by atoms with Crippen LogP contribution in [0.5, 0.6) is 11.5 Å².